The number of hydrogen-bond acceptors (Lipinski definition) is 3. The number of carbonyl (C=O) groups is 1. The smallest absolute Gasteiger partial charge is 0.230 e. The largest absolute Gasteiger partial charge is 0.393 e. The SMILES string of the molecule is CC(O)CC1CCCN1C(=O)C(C)c1cccnc1. The van der Waals surface area contributed by atoms with Gasteiger partial charge in [0.25, 0.3) is 0 Å². The number of aliphatic hydroxyl groups is 1. The third kappa shape index (κ3) is 3.32. The number of amides is 1. The van der Waals surface area contributed by atoms with Gasteiger partial charge in [0.1, 0.15) is 0 Å². The fraction of sp³-hybridized carbons (Fsp3) is 0.600. The normalized spacial score (nSPS) is 22.3. The zero-order chi connectivity index (χ0) is 13.8. The Kier molecular flexibility index (Phi) is 4.53. The van der Waals surface area contributed by atoms with Crippen LogP contribution in [-0.4, -0.2) is 39.6 Å². The average Bonchev–Trinajstić information content (AvgIpc) is 2.85. The summed E-state index contributed by atoms with van der Waals surface area (Å²) in [6.45, 7) is 4.52. The van der Waals surface area contributed by atoms with Crippen LogP contribution in [0.5, 0.6) is 0 Å². The Morgan fingerprint density at radius 2 is 2.37 bits per heavy atom. The molecule has 1 amide bonds. The first-order valence-electron chi connectivity index (χ1n) is 6.98. The van der Waals surface area contributed by atoms with Gasteiger partial charge in [-0.3, -0.25) is 9.78 Å². The highest BCUT2D eigenvalue weighted by Crippen LogP contribution is 2.26. The second-order valence-corrected chi connectivity index (χ2v) is 5.42. The lowest BCUT2D eigenvalue weighted by Crippen LogP contribution is -2.39. The van der Waals surface area contributed by atoms with E-state index in [2.05, 4.69) is 4.98 Å². The van der Waals surface area contributed by atoms with Crippen LogP contribution in [0.15, 0.2) is 24.5 Å². The molecule has 1 N–H and O–H groups in total. The average molecular weight is 262 g/mol. The van der Waals surface area contributed by atoms with E-state index in [-0.39, 0.29) is 24.0 Å². The first-order chi connectivity index (χ1) is 9.09. The van der Waals surface area contributed by atoms with Crippen LogP contribution in [0.2, 0.25) is 0 Å². The van der Waals surface area contributed by atoms with E-state index in [1.165, 1.54) is 0 Å². The quantitative estimate of drug-likeness (QED) is 0.902. The topological polar surface area (TPSA) is 53.4 Å². The summed E-state index contributed by atoms with van der Waals surface area (Å²) in [6, 6.07) is 3.98. The van der Waals surface area contributed by atoms with E-state index in [9.17, 15) is 9.90 Å². The van der Waals surface area contributed by atoms with Crippen LogP contribution < -0.4 is 0 Å². The maximum Gasteiger partial charge on any atom is 0.230 e. The summed E-state index contributed by atoms with van der Waals surface area (Å²) < 4.78 is 0. The van der Waals surface area contributed by atoms with Gasteiger partial charge in [0.2, 0.25) is 5.91 Å². The fourth-order valence-corrected chi connectivity index (χ4v) is 2.79. The first kappa shape index (κ1) is 14.0. The van der Waals surface area contributed by atoms with Gasteiger partial charge in [0.15, 0.2) is 0 Å². The minimum Gasteiger partial charge on any atom is -0.393 e. The summed E-state index contributed by atoms with van der Waals surface area (Å²) in [7, 11) is 0. The highest BCUT2D eigenvalue weighted by molar-refractivity contribution is 5.83. The summed E-state index contributed by atoms with van der Waals surface area (Å²) in [5, 5.41) is 9.52. The number of likely N-dealkylation sites (tertiary alicyclic amines) is 1. The number of carbonyl (C=O) groups excluding carboxylic acids is 1. The Morgan fingerprint density at radius 3 is 3.00 bits per heavy atom. The van der Waals surface area contributed by atoms with Crippen LogP contribution in [0, 0.1) is 0 Å². The third-order valence-electron chi connectivity index (χ3n) is 3.83. The fourth-order valence-electron chi connectivity index (χ4n) is 2.79. The molecule has 3 unspecified atom stereocenters. The molecule has 19 heavy (non-hydrogen) atoms. The van der Waals surface area contributed by atoms with E-state index in [1.54, 1.807) is 19.3 Å². The van der Waals surface area contributed by atoms with Gasteiger partial charge in [0, 0.05) is 25.0 Å². The molecule has 4 nitrogen and oxygen atoms in total. The van der Waals surface area contributed by atoms with E-state index in [4.69, 9.17) is 0 Å². The van der Waals surface area contributed by atoms with Crippen LogP contribution in [-0.2, 0) is 4.79 Å². The van der Waals surface area contributed by atoms with E-state index >= 15 is 0 Å². The van der Waals surface area contributed by atoms with Crippen molar-refractivity contribution in [2.75, 3.05) is 6.54 Å². The van der Waals surface area contributed by atoms with Crippen LogP contribution in [0.3, 0.4) is 0 Å². The summed E-state index contributed by atoms with van der Waals surface area (Å²) in [6.07, 6.45) is 5.81. The molecular formula is C15H22N2O2. The number of rotatable bonds is 4. The van der Waals surface area contributed by atoms with Crippen LogP contribution in [0.4, 0.5) is 0 Å². The summed E-state index contributed by atoms with van der Waals surface area (Å²) in [5.41, 5.74) is 0.954. The molecule has 2 rings (SSSR count). The van der Waals surface area contributed by atoms with Gasteiger partial charge in [-0.1, -0.05) is 6.07 Å². The molecule has 0 spiro atoms. The van der Waals surface area contributed by atoms with Gasteiger partial charge in [-0.15, -0.1) is 0 Å². The highest BCUT2D eigenvalue weighted by Gasteiger charge is 2.32. The van der Waals surface area contributed by atoms with Crippen molar-refractivity contribution in [3.8, 4) is 0 Å². The van der Waals surface area contributed by atoms with Gasteiger partial charge < -0.3 is 10.0 Å². The second-order valence-electron chi connectivity index (χ2n) is 5.42. The van der Waals surface area contributed by atoms with Crippen LogP contribution >= 0.6 is 0 Å². The zero-order valence-electron chi connectivity index (χ0n) is 11.6. The number of nitrogens with zero attached hydrogens (tertiary/aromatic N) is 2. The van der Waals surface area contributed by atoms with Crippen molar-refractivity contribution in [3.05, 3.63) is 30.1 Å². The molecule has 1 aromatic heterocycles. The minimum absolute atomic E-state index is 0.149. The molecule has 0 radical (unpaired) electrons. The molecule has 0 aromatic carbocycles. The number of pyridine rings is 1. The van der Waals surface area contributed by atoms with E-state index < -0.39 is 0 Å². The Bertz CT molecular complexity index is 419. The predicted octanol–water partition coefficient (Wildman–Crippen LogP) is 1.95. The van der Waals surface area contributed by atoms with E-state index in [1.807, 2.05) is 24.0 Å². The predicted molar refractivity (Wildman–Crippen MR) is 73.7 cm³/mol. The van der Waals surface area contributed by atoms with Gasteiger partial charge in [-0.25, -0.2) is 0 Å². The summed E-state index contributed by atoms with van der Waals surface area (Å²) in [5.74, 6) is -0.0144. The zero-order valence-corrected chi connectivity index (χ0v) is 11.6. The molecule has 0 aliphatic carbocycles. The Hall–Kier alpha value is -1.42. The second kappa shape index (κ2) is 6.15. The first-order valence-corrected chi connectivity index (χ1v) is 6.98. The van der Waals surface area contributed by atoms with Crippen molar-refractivity contribution in [2.24, 2.45) is 0 Å². The van der Waals surface area contributed by atoms with Crippen molar-refractivity contribution < 1.29 is 9.90 Å². The molecule has 1 saturated heterocycles. The maximum absolute atomic E-state index is 12.6. The Morgan fingerprint density at radius 1 is 1.58 bits per heavy atom. The van der Waals surface area contributed by atoms with Crippen LogP contribution in [0.25, 0.3) is 0 Å². The lowest BCUT2D eigenvalue weighted by Gasteiger charge is -2.28. The monoisotopic (exact) mass is 262 g/mol. The number of aliphatic hydroxyl groups excluding tert-OH is 1. The van der Waals surface area contributed by atoms with Crippen molar-refractivity contribution in [3.63, 3.8) is 0 Å². The molecule has 104 valence electrons. The molecule has 4 heteroatoms. The molecule has 0 bridgehead atoms. The van der Waals surface area contributed by atoms with Crippen molar-refractivity contribution >= 4 is 5.91 Å². The van der Waals surface area contributed by atoms with Crippen LogP contribution in [0.1, 0.15) is 44.6 Å². The van der Waals surface area contributed by atoms with E-state index in [0.717, 1.165) is 24.9 Å². The van der Waals surface area contributed by atoms with Crippen molar-refractivity contribution in [1.82, 2.24) is 9.88 Å². The standard InChI is InChI=1S/C15H22N2O2/c1-11(18)9-14-6-4-8-17(14)15(19)12(2)13-5-3-7-16-10-13/h3,5,7,10-12,14,18H,4,6,8-9H2,1-2H3. The molecule has 1 aliphatic heterocycles. The Balaban J connectivity index is 2.06. The number of aromatic nitrogens is 1. The van der Waals surface area contributed by atoms with E-state index in [0.29, 0.717) is 6.42 Å². The lowest BCUT2D eigenvalue weighted by molar-refractivity contribution is -0.133. The van der Waals surface area contributed by atoms with Crippen molar-refractivity contribution in [1.29, 1.82) is 0 Å². The van der Waals surface area contributed by atoms with Gasteiger partial charge in [-0.05, 0) is 44.7 Å². The van der Waals surface area contributed by atoms with Gasteiger partial charge in [0.05, 0.1) is 12.0 Å². The van der Waals surface area contributed by atoms with Gasteiger partial charge >= 0.3 is 0 Å². The van der Waals surface area contributed by atoms with Crippen molar-refractivity contribution in [2.45, 2.75) is 51.2 Å². The maximum atomic E-state index is 12.6. The summed E-state index contributed by atoms with van der Waals surface area (Å²) in [4.78, 5) is 18.6. The Labute approximate surface area is 114 Å². The number of hydrogen-bond donors (Lipinski definition) is 1. The molecular weight excluding hydrogens is 240 g/mol. The molecule has 0 saturated carbocycles. The highest BCUT2D eigenvalue weighted by atomic mass is 16.3. The molecule has 1 aromatic rings. The lowest BCUT2D eigenvalue weighted by atomic mass is 10.0. The minimum atomic E-state index is -0.355. The molecule has 2 heterocycles. The molecule has 1 aliphatic rings. The van der Waals surface area contributed by atoms with Gasteiger partial charge in [-0.2, -0.15) is 0 Å². The summed E-state index contributed by atoms with van der Waals surface area (Å²) >= 11 is 0. The molecule has 3 atom stereocenters. The molecule has 1 fully saturated rings. The third-order valence-corrected chi connectivity index (χ3v) is 3.83.